The van der Waals surface area contributed by atoms with Gasteiger partial charge < -0.3 is 10.1 Å². The number of ether oxygens (including phenoxy) is 1. The standard InChI is InChI=1S/C14H11F3N2O3S.C8H16O.H2S.2H2/c15-12-5-4-9(7-11(12)13(16)17)19-14(20)8-2-1-3-10(6-8)23(18,21)22;1-3-8-4-5-9-6-7(8)2;;;/h1-7,13H,(H,19,20)(H2,18,21,22);7-8H,3-6H2,1-2H3;1H2;2*1H/t;7?,8-;;;/m.0.../s1. The maximum atomic E-state index is 13.2. The SMILES string of the molecule is CC[C@H]1CCOCC1C.NS(=O)(=O)c1cccc(C(=O)Nc2ccc(F)c(C(F)F)c2)c1.S.[HH].[HH]. The molecule has 33 heavy (non-hydrogen) atoms. The number of primary sulfonamides is 1. The minimum atomic E-state index is -3.98. The second-order valence-electron chi connectivity index (χ2n) is 7.57. The molecule has 2 aromatic rings. The van der Waals surface area contributed by atoms with E-state index in [9.17, 15) is 26.4 Å². The number of nitrogens with one attached hydrogen (secondary N) is 1. The molecule has 1 amide bonds. The highest BCUT2D eigenvalue weighted by Crippen LogP contribution is 2.25. The van der Waals surface area contributed by atoms with Gasteiger partial charge in [0.2, 0.25) is 10.0 Å². The summed E-state index contributed by atoms with van der Waals surface area (Å²) in [6.45, 7) is 6.53. The molecule has 0 bridgehead atoms. The van der Waals surface area contributed by atoms with Gasteiger partial charge in [0.15, 0.2) is 0 Å². The van der Waals surface area contributed by atoms with E-state index in [2.05, 4.69) is 19.2 Å². The number of anilines is 1. The van der Waals surface area contributed by atoms with Crippen molar-refractivity contribution in [1.29, 1.82) is 0 Å². The Kier molecular flexibility index (Phi) is 11.4. The number of carbonyl (C=O) groups is 1. The van der Waals surface area contributed by atoms with Crippen LogP contribution in [-0.2, 0) is 14.8 Å². The van der Waals surface area contributed by atoms with Gasteiger partial charge in [-0.3, -0.25) is 4.79 Å². The summed E-state index contributed by atoms with van der Waals surface area (Å²) in [6.07, 6.45) is -0.431. The summed E-state index contributed by atoms with van der Waals surface area (Å²) in [6, 6.07) is 7.61. The van der Waals surface area contributed by atoms with E-state index in [-0.39, 0.29) is 32.5 Å². The van der Waals surface area contributed by atoms with Gasteiger partial charge in [-0.25, -0.2) is 26.7 Å². The number of carbonyl (C=O) groups excluding carboxylic acids is 1. The summed E-state index contributed by atoms with van der Waals surface area (Å²) in [4.78, 5) is 11.8. The van der Waals surface area contributed by atoms with Gasteiger partial charge >= 0.3 is 0 Å². The second kappa shape index (κ2) is 13.0. The predicted octanol–water partition coefficient (Wildman–Crippen LogP) is 5.34. The van der Waals surface area contributed by atoms with Crippen LogP contribution in [0.3, 0.4) is 0 Å². The number of sulfonamides is 1. The molecule has 1 saturated heterocycles. The Morgan fingerprint density at radius 2 is 1.97 bits per heavy atom. The average molecular weight is 511 g/mol. The molecule has 1 unspecified atom stereocenters. The first-order valence-electron chi connectivity index (χ1n) is 10.1. The number of benzene rings is 2. The summed E-state index contributed by atoms with van der Waals surface area (Å²) in [5, 5.41) is 7.25. The third kappa shape index (κ3) is 8.65. The number of hydrogen-bond donors (Lipinski definition) is 2. The number of alkyl halides is 2. The zero-order valence-corrected chi connectivity index (χ0v) is 20.2. The number of amides is 1. The smallest absolute Gasteiger partial charge is 0.266 e. The summed E-state index contributed by atoms with van der Waals surface area (Å²) < 4.78 is 66.2. The lowest BCUT2D eigenvalue weighted by Crippen LogP contribution is -2.24. The Bertz CT molecular complexity index is 1050. The fourth-order valence-electron chi connectivity index (χ4n) is 3.34. The van der Waals surface area contributed by atoms with Gasteiger partial charge in [0.1, 0.15) is 5.82 Å². The monoisotopic (exact) mass is 510 g/mol. The Labute approximate surface area is 202 Å². The molecule has 188 valence electrons. The van der Waals surface area contributed by atoms with Crippen LogP contribution >= 0.6 is 13.5 Å². The van der Waals surface area contributed by atoms with Gasteiger partial charge in [-0.05, 0) is 54.7 Å². The molecular formula is C22H33F3N2O4S2. The van der Waals surface area contributed by atoms with Gasteiger partial charge in [-0.2, -0.15) is 13.5 Å². The van der Waals surface area contributed by atoms with Crippen LogP contribution in [0.15, 0.2) is 47.4 Å². The molecular weight excluding hydrogens is 477 g/mol. The number of rotatable bonds is 5. The third-order valence-electron chi connectivity index (χ3n) is 5.26. The number of hydrogen-bond acceptors (Lipinski definition) is 4. The maximum Gasteiger partial charge on any atom is 0.266 e. The van der Waals surface area contributed by atoms with E-state index in [1.54, 1.807) is 0 Å². The Morgan fingerprint density at radius 3 is 2.52 bits per heavy atom. The molecule has 3 N–H and O–H groups in total. The number of nitrogens with two attached hydrogens (primary N) is 1. The van der Waals surface area contributed by atoms with Crippen LogP contribution < -0.4 is 10.5 Å². The predicted molar refractivity (Wildman–Crippen MR) is 130 cm³/mol. The lowest BCUT2D eigenvalue weighted by atomic mass is 9.88. The quantitative estimate of drug-likeness (QED) is 0.567. The molecule has 11 heteroatoms. The zero-order chi connectivity index (χ0) is 23.9. The van der Waals surface area contributed by atoms with E-state index >= 15 is 0 Å². The van der Waals surface area contributed by atoms with Crippen LogP contribution in [0, 0.1) is 17.7 Å². The van der Waals surface area contributed by atoms with Crippen molar-refractivity contribution in [3.05, 3.63) is 59.4 Å². The van der Waals surface area contributed by atoms with Crippen LogP contribution in [0.1, 0.15) is 51.9 Å². The largest absolute Gasteiger partial charge is 0.381 e. The van der Waals surface area contributed by atoms with Gasteiger partial charge in [0.05, 0.1) is 10.5 Å². The van der Waals surface area contributed by atoms with Gasteiger partial charge in [-0.15, -0.1) is 0 Å². The van der Waals surface area contributed by atoms with Crippen molar-refractivity contribution >= 4 is 35.1 Å². The second-order valence-corrected chi connectivity index (χ2v) is 9.13. The van der Waals surface area contributed by atoms with E-state index in [0.717, 1.165) is 49.3 Å². The number of halogens is 3. The summed E-state index contributed by atoms with van der Waals surface area (Å²) in [5.41, 5.74) is -0.937. The van der Waals surface area contributed by atoms with Gasteiger partial charge in [0, 0.05) is 27.3 Å². The van der Waals surface area contributed by atoms with Crippen molar-refractivity contribution in [2.45, 2.75) is 38.0 Å². The first-order chi connectivity index (χ1) is 15.0. The fourth-order valence-corrected chi connectivity index (χ4v) is 3.90. The molecule has 0 aliphatic carbocycles. The molecule has 1 aliphatic rings. The molecule has 1 heterocycles. The van der Waals surface area contributed by atoms with E-state index in [4.69, 9.17) is 9.88 Å². The summed E-state index contributed by atoms with van der Waals surface area (Å²) in [7, 11) is -3.98. The molecule has 1 aliphatic heterocycles. The van der Waals surface area contributed by atoms with E-state index in [1.807, 2.05) is 0 Å². The Balaban J connectivity index is 0. The van der Waals surface area contributed by atoms with E-state index in [0.29, 0.717) is 0 Å². The molecule has 6 nitrogen and oxygen atoms in total. The summed E-state index contributed by atoms with van der Waals surface area (Å²) in [5.74, 6) is -0.112. The van der Waals surface area contributed by atoms with Crippen LogP contribution in [0.2, 0.25) is 0 Å². The zero-order valence-electron chi connectivity index (χ0n) is 18.4. The van der Waals surface area contributed by atoms with Crippen LogP contribution in [0.4, 0.5) is 18.9 Å². The van der Waals surface area contributed by atoms with Crippen LogP contribution in [0.5, 0.6) is 0 Å². The van der Waals surface area contributed by atoms with Crippen LogP contribution in [-0.4, -0.2) is 27.5 Å². The molecule has 0 saturated carbocycles. The third-order valence-corrected chi connectivity index (χ3v) is 6.17. The van der Waals surface area contributed by atoms with E-state index < -0.39 is 33.7 Å². The fraction of sp³-hybridized carbons (Fsp3) is 0.409. The van der Waals surface area contributed by atoms with E-state index in [1.165, 1.54) is 31.0 Å². The van der Waals surface area contributed by atoms with Crippen molar-refractivity contribution < 1.29 is 34.0 Å². The average Bonchev–Trinajstić information content (AvgIpc) is 2.75. The van der Waals surface area contributed by atoms with Crippen molar-refractivity contribution in [2.75, 3.05) is 18.5 Å². The molecule has 1 fully saturated rings. The Hall–Kier alpha value is -2.08. The molecule has 2 aromatic carbocycles. The maximum absolute atomic E-state index is 13.2. The highest BCUT2D eigenvalue weighted by Gasteiger charge is 2.19. The van der Waals surface area contributed by atoms with Crippen molar-refractivity contribution in [2.24, 2.45) is 17.0 Å². The van der Waals surface area contributed by atoms with Gasteiger partial charge in [0.25, 0.3) is 12.3 Å². The molecule has 2 atom stereocenters. The van der Waals surface area contributed by atoms with Gasteiger partial charge in [-0.1, -0.05) is 26.3 Å². The lowest BCUT2D eigenvalue weighted by Gasteiger charge is -2.27. The molecule has 0 aromatic heterocycles. The molecule has 0 radical (unpaired) electrons. The first kappa shape index (κ1) is 29.0. The van der Waals surface area contributed by atoms with Crippen molar-refractivity contribution in [3.63, 3.8) is 0 Å². The minimum Gasteiger partial charge on any atom is -0.381 e. The summed E-state index contributed by atoms with van der Waals surface area (Å²) >= 11 is 0. The topological polar surface area (TPSA) is 98.5 Å². The van der Waals surface area contributed by atoms with Crippen LogP contribution in [0.25, 0.3) is 0 Å². The Morgan fingerprint density at radius 1 is 1.27 bits per heavy atom. The van der Waals surface area contributed by atoms with Crippen molar-refractivity contribution in [3.8, 4) is 0 Å². The highest BCUT2D eigenvalue weighted by molar-refractivity contribution is 7.89. The first-order valence-corrected chi connectivity index (χ1v) is 11.7. The molecule has 3 rings (SSSR count). The normalized spacial score (nSPS) is 18.0. The van der Waals surface area contributed by atoms with Crippen molar-refractivity contribution in [1.82, 2.24) is 0 Å². The molecule has 0 spiro atoms. The minimum absolute atomic E-state index is 0. The highest BCUT2D eigenvalue weighted by atomic mass is 32.2. The lowest BCUT2D eigenvalue weighted by molar-refractivity contribution is 0.0232.